The Morgan fingerprint density at radius 1 is 0.900 bits per heavy atom. The number of carbonyl (C=O) groups excluding carboxylic acids is 2. The number of hydroxylamine groups is 1. The van der Waals surface area contributed by atoms with Crippen molar-refractivity contribution >= 4 is 23.5 Å². The summed E-state index contributed by atoms with van der Waals surface area (Å²) >= 11 is 0. The molecule has 30 heavy (non-hydrogen) atoms. The van der Waals surface area contributed by atoms with Crippen LogP contribution in [0.1, 0.15) is 36.8 Å². The molecule has 0 aliphatic carbocycles. The number of hydrogen-bond acceptors (Lipinski definition) is 3. The van der Waals surface area contributed by atoms with Crippen LogP contribution in [0, 0.1) is 23.3 Å². The number of amides is 2. The fourth-order valence-electron chi connectivity index (χ4n) is 2.69. The molecule has 0 radical (unpaired) electrons. The Labute approximate surface area is 170 Å². The zero-order valence-electron chi connectivity index (χ0n) is 15.9. The van der Waals surface area contributed by atoms with Gasteiger partial charge in [-0.3, -0.25) is 14.8 Å². The molecule has 2 rings (SSSR count). The maximum atomic E-state index is 14.0. The molecule has 0 saturated heterocycles. The van der Waals surface area contributed by atoms with Crippen LogP contribution in [0.15, 0.2) is 36.4 Å². The molecule has 0 aliphatic heterocycles. The van der Waals surface area contributed by atoms with Crippen molar-refractivity contribution in [2.75, 3.05) is 6.54 Å². The molecule has 2 aromatic carbocycles. The number of nitrogens with one attached hydrogen (secondary N) is 2. The van der Waals surface area contributed by atoms with Crippen LogP contribution >= 0.6 is 0 Å². The van der Waals surface area contributed by atoms with Gasteiger partial charge in [0, 0.05) is 36.2 Å². The van der Waals surface area contributed by atoms with Crippen molar-refractivity contribution in [3.63, 3.8) is 0 Å². The van der Waals surface area contributed by atoms with E-state index in [-0.39, 0.29) is 24.1 Å². The number of benzene rings is 2. The molecular formula is C21H20F4N2O3. The second-order valence-electron chi connectivity index (χ2n) is 6.45. The minimum atomic E-state index is -1.18. The third-order valence-corrected chi connectivity index (χ3v) is 4.22. The number of rotatable bonds is 9. The zero-order valence-corrected chi connectivity index (χ0v) is 15.9. The first kappa shape index (κ1) is 23.1. The molecule has 0 aromatic heterocycles. The van der Waals surface area contributed by atoms with E-state index < -0.39 is 40.6 Å². The highest BCUT2D eigenvalue weighted by molar-refractivity contribution is 6.24. The Morgan fingerprint density at radius 2 is 1.53 bits per heavy atom. The Kier molecular flexibility index (Phi) is 8.54. The lowest BCUT2D eigenvalue weighted by molar-refractivity contribution is -0.129. The zero-order chi connectivity index (χ0) is 22.1. The van der Waals surface area contributed by atoms with Crippen LogP contribution in [0.3, 0.4) is 0 Å². The molecule has 160 valence electrons. The lowest BCUT2D eigenvalue weighted by atomic mass is 10.0. The van der Waals surface area contributed by atoms with Gasteiger partial charge in [-0.15, -0.1) is 0 Å². The average Bonchev–Trinajstić information content (AvgIpc) is 2.70. The van der Waals surface area contributed by atoms with E-state index in [0.29, 0.717) is 31.4 Å². The third-order valence-electron chi connectivity index (χ3n) is 4.22. The predicted molar refractivity (Wildman–Crippen MR) is 102 cm³/mol. The average molecular weight is 424 g/mol. The number of halogens is 4. The topological polar surface area (TPSA) is 78.4 Å². The molecule has 9 heteroatoms. The summed E-state index contributed by atoms with van der Waals surface area (Å²) in [4.78, 5) is 23.5. The predicted octanol–water partition coefficient (Wildman–Crippen LogP) is 3.97. The SMILES string of the molecule is O=C(CCCCCNC(=O)C(=Cc1c(F)cc(F)cc1F)c1ccc(F)cc1)NO. The minimum Gasteiger partial charge on any atom is -0.352 e. The quantitative estimate of drug-likeness (QED) is 0.142. The summed E-state index contributed by atoms with van der Waals surface area (Å²) in [5.41, 5.74) is 1.02. The van der Waals surface area contributed by atoms with Gasteiger partial charge in [-0.25, -0.2) is 23.0 Å². The third kappa shape index (κ3) is 6.70. The van der Waals surface area contributed by atoms with Crippen LogP contribution in [-0.2, 0) is 9.59 Å². The van der Waals surface area contributed by atoms with Gasteiger partial charge in [0.15, 0.2) is 0 Å². The summed E-state index contributed by atoms with van der Waals surface area (Å²) < 4.78 is 54.4. The lowest BCUT2D eigenvalue weighted by Gasteiger charge is -2.11. The van der Waals surface area contributed by atoms with Crippen molar-refractivity contribution < 1.29 is 32.4 Å². The smallest absolute Gasteiger partial charge is 0.251 e. The Morgan fingerprint density at radius 3 is 2.13 bits per heavy atom. The molecular weight excluding hydrogens is 404 g/mol. The van der Waals surface area contributed by atoms with Crippen LogP contribution in [0.25, 0.3) is 11.6 Å². The first-order valence-electron chi connectivity index (χ1n) is 9.15. The van der Waals surface area contributed by atoms with Gasteiger partial charge < -0.3 is 5.32 Å². The second kappa shape index (κ2) is 11.1. The van der Waals surface area contributed by atoms with E-state index in [9.17, 15) is 27.2 Å². The summed E-state index contributed by atoms with van der Waals surface area (Å²) in [6, 6.07) is 5.76. The van der Waals surface area contributed by atoms with Gasteiger partial charge in [0.25, 0.3) is 5.91 Å². The van der Waals surface area contributed by atoms with Crippen LogP contribution in [0.4, 0.5) is 17.6 Å². The fraction of sp³-hybridized carbons (Fsp3) is 0.238. The minimum absolute atomic E-state index is 0.126. The molecule has 0 spiro atoms. The number of hydrogen-bond donors (Lipinski definition) is 3. The first-order chi connectivity index (χ1) is 14.3. The molecule has 0 bridgehead atoms. The standard InChI is InChI=1S/C21H20F4N2O3/c22-14-7-5-13(6-8-14)16(12-17-18(24)10-15(23)11-19(17)25)21(29)26-9-3-1-2-4-20(28)27-30/h5-8,10-12,30H,1-4,9H2,(H,26,29)(H,27,28). The molecule has 2 aromatic rings. The maximum absolute atomic E-state index is 14.0. The molecule has 0 unspecified atom stereocenters. The Bertz CT molecular complexity index is 907. The highest BCUT2D eigenvalue weighted by atomic mass is 19.1. The Hall–Kier alpha value is -3.20. The largest absolute Gasteiger partial charge is 0.352 e. The summed E-state index contributed by atoms with van der Waals surface area (Å²) in [7, 11) is 0. The molecule has 0 fully saturated rings. The maximum Gasteiger partial charge on any atom is 0.251 e. The van der Waals surface area contributed by atoms with Crippen molar-refractivity contribution in [2.24, 2.45) is 0 Å². The van der Waals surface area contributed by atoms with Gasteiger partial charge in [0.2, 0.25) is 5.91 Å². The monoisotopic (exact) mass is 424 g/mol. The van der Waals surface area contributed by atoms with Gasteiger partial charge in [-0.2, -0.15) is 0 Å². The van der Waals surface area contributed by atoms with Crippen molar-refractivity contribution in [1.82, 2.24) is 10.8 Å². The Balaban J connectivity index is 2.16. The molecule has 0 saturated carbocycles. The molecule has 5 nitrogen and oxygen atoms in total. The molecule has 2 amide bonds. The van der Waals surface area contributed by atoms with E-state index in [2.05, 4.69) is 5.32 Å². The van der Waals surface area contributed by atoms with Gasteiger partial charge in [0.05, 0.1) is 0 Å². The number of unbranched alkanes of at least 4 members (excludes halogenated alkanes) is 2. The van der Waals surface area contributed by atoms with Gasteiger partial charge in [-0.1, -0.05) is 18.6 Å². The first-order valence-corrected chi connectivity index (χ1v) is 9.15. The van der Waals surface area contributed by atoms with Gasteiger partial charge in [0.1, 0.15) is 23.3 Å². The summed E-state index contributed by atoms with van der Waals surface area (Å²) in [6.07, 6.45) is 2.67. The summed E-state index contributed by atoms with van der Waals surface area (Å²) in [5.74, 6) is -5.17. The molecule has 0 aliphatic rings. The highest BCUT2D eigenvalue weighted by Crippen LogP contribution is 2.23. The van der Waals surface area contributed by atoms with E-state index in [0.717, 1.165) is 18.2 Å². The number of carbonyl (C=O) groups is 2. The van der Waals surface area contributed by atoms with Crippen molar-refractivity contribution in [2.45, 2.75) is 25.7 Å². The molecule has 0 atom stereocenters. The van der Waals surface area contributed by atoms with E-state index >= 15 is 0 Å². The van der Waals surface area contributed by atoms with E-state index in [1.54, 1.807) is 0 Å². The van der Waals surface area contributed by atoms with E-state index in [1.165, 1.54) is 17.6 Å². The van der Waals surface area contributed by atoms with Gasteiger partial charge >= 0.3 is 0 Å². The second-order valence-corrected chi connectivity index (χ2v) is 6.45. The molecule has 3 N–H and O–H groups in total. The van der Waals surface area contributed by atoms with Crippen molar-refractivity contribution in [3.8, 4) is 0 Å². The van der Waals surface area contributed by atoms with E-state index in [1.807, 2.05) is 0 Å². The van der Waals surface area contributed by atoms with Crippen LogP contribution in [-0.4, -0.2) is 23.6 Å². The van der Waals surface area contributed by atoms with Crippen LogP contribution in [0.2, 0.25) is 0 Å². The fourth-order valence-corrected chi connectivity index (χ4v) is 2.69. The van der Waals surface area contributed by atoms with E-state index in [4.69, 9.17) is 5.21 Å². The summed E-state index contributed by atoms with van der Waals surface area (Å²) in [6.45, 7) is 0.215. The van der Waals surface area contributed by atoms with Crippen LogP contribution in [0.5, 0.6) is 0 Å². The van der Waals surface area contributed by atoms with Crippen molar-refractivity contribution in [3.05, 3.63) is 70.8 Å². The van der Waals surface area contributed by atoms with Gasteiger partial charge in [-0.05, 0) is 36.6 Å². The van der Waals surface area contributed by atoms with Crippen molar-refractivity contribution in [1.29, 1.82) is 0 Å². The normalized spacial score (nSPS) is 11.3. The lowest BCUT2D eigenvalue weighted by Crippen LogP contribution is -2.25. The van der Waals surface area contributed by atoms with Crippen LogP contribution < -0.4 is 10.8 Å². The summed E-state index contributed by atoms with van der Waals surface area (Å²) in [5, 5.41) is 11.0. The highest BCUT2D eigenvalue weighted by Gasteiger charge is 2.16. The molecule has 0 heterocycles.